The van der Waals surface area contributed by atoms with Gasteiger partial charge in [-0.1, -0.05) is 34.4 Å². The molecule has 0 unspecified atom stereocenters. The molecule has 6 nitrogen and oxygen atoms in total. The van der Waals surface area contributed by atoms with Gasteiger partial charge in [0.1, 0.15) is 5.69 Å². The second-order valence-corrected chi connectivity index (χ2v) is 6.67. The van der Waals surface area contributed by atoms with Crippen LogP contribution in [0.25, 0.3) is 11.3 Å². The van der Waals surface area contributed by atoms with Crippen molar-refractivity contribution in [3.05, 3.63) is 69.2 Å². The van der Waals surface area contributed by atoms with Crippen LogP contribution < -0.4 is 5.32 Å². The van der Waals surface area contributed by atoms with Crippen LogP contribution in [0.15, 0.2) is 47.0 Å². The van der Waals surface area contributed by atoms with Gasteiger partial charge in [-0.3, -0.25) is 10.1 Å². The molecule has 156 valence electrons. The lowest BCUT2D eigenvalue weighted by Gasteiger charge is -2.08. The number of aromatic nitrogens is 1. The maximum Gasteiger partial charge on any atom is 0.416 e. The van der Waals surface area contributed by atoms with Crippen LogP contribution in [0.3, 0.4) is 0 Å². The standard InChI is InChI=1S/C19H11Cl2F3N2O4/c1-29-18(28)14-15(13-11(20)3-2-4-12(13)21)26-30-17(14)25-16(27)9-5-7-10(8-6-9)19(22,23)24/h2-8H,1H3,(H,25,27). The number of carbonyl (C=O) groups is 2. The molecular formula is C19H11Cl2F3N2O4. The first kappa shape index (κ1) is 21.7. The van der Waals surface area contributed by atoms with Crippen LogP contribution in [0, 0.1) is 0 Å². The molecule has 2 aromatic carbocycles. The molecule has 3 aromatic rings. The van der Waals surface area contributed by atoms with Crippen LogP contribution in [0.4, 0.5) is 19.1 Å². The fourth-order valence-corrected chi connectivity index (χ4v) is 3.12. The van der Waals surface area contributed by atoms with Gasteiger partial charge in [-0.25, -0.2) is 4.79 Å². The summed E-state index contributed by atoms with van der Waals surface area (Å²) in [6, 6.07) is 8.09. The fraction of sp³-hybridized carbons (Fsp3) is 0.105. The van der Waals surface area contributed by atoms with Crippen molar-refractivity contribution in [3.63, 3.8) is 0 Å². The molecule has 0 aliphatic carbocycles. The molecule has 1 heterocycles. The van der Waals surface area contributed by atoms with Crippen LogP contribution in [-0.2, 0) is 10.9 Å². The maximum atomic E-state index is 12.7. The smallest absolute Gasteiger partial charge is 0.416 e. The number of rotatable bonds is 4. The van der Waals surface area contributed by atoms with E-state index in [4.69, 9.17) is 32.5 Å². The summed E-state index contributed by atoms with van der Waals surface area (Å²) < 4.78 is 47.8. The number of halogens is 5. The lowest BCUT2D eigenvalue weighted by Crippen LogP contribution is -2.15. The number of carbonyl (C=O) groups excluding carboxylic acids is 2. The van der Waals surface area contributed by atoms with Crippen molar-refractivity contribution in [2.45, 2.75) is 6.18 Å². The summed E-state index contributed by atoms with van der Waals surface area (Å²) in [5.41, 5.74) is -1.16. The van der Waals surface area contributed by atoms with E-state index in [1.165, 1.54) is 12.1 Å². The third-order valence-corrected chi connectivity index (χ3v) is 4.61. The number of hydrogen-bond acceptors (Lipinski definition) is 5. The monoisotopic (exact) mass is 458 g/mol. The highest BCUT2D eigenvalue weighted by Gasteiger charge is 2.31. The van der Waals surface area contributed by atoms with Crippen molar-refractivity contribution in [1.82, 2.24) is 5.16 Å². The third kappa shape index (κ3) is 4.27. The Morgan fingerprint density at radius 3 is 2.20 bits per heavy atom. The van der Waals surface area contributed by atoms with Crippen LogP contribution in [0.1, 0.15) is 26.3 Å². The van der Waals surface area contributed by atoms with E-state index >= 15 is 0 Å². The molecule has 11 heteroatoms. The Labute approximate surface area is 177 Å². The lowest BCUT2D eigenvalue weighted by atomic mass is 10.1. The van der Waals surface area contributed by atoms with E-state index in [2.05, 4.69) is 10.5 Å². The number of anilines is 1. The Balaban J connectivity index is 1.98. The van der Waals surface area contributed by atoms with E-state index in [9.17, 15) is 22.8 Å². The summed E-state index contributed by atoms with van der Waals surface area (Å²) in [7, 11) is 1.11. The van der Waals surface area contributed by atoms with E-state index in [1.807, 2.05) is 0 Å². The highest BCUT2D eigenvalue weighted by molar-refractivity contribution is 6.39. The summed E-state index contributed by atoms with van der Waals surface area (Å²) in [5, 5.41) is 6.39. The minimum atomic E-state index is -4.54. The fourth-order valence-electron chi connectivity index (χ4n) is 2.55. The van der Waals surface area contributed by atoms with Crippen LogP contribution >= 0.6 is 23.2 Å². The summed E-state index contributed by atoms with van der Waals surface area (Å²) in [6.07, 6.45) is -4.54. The zero-order valence-electron chi connectivity index (χ0n) is 15.0. The van der Waals surface area contributed by atoms with Crippen molar-refractivity contribution in [1.29, 1.82) is 0 Å². The molecule has 0 aliphatic heterocycles. The largest absolute Gasteiger partial charge is 0.465 e. The van der Waals surface area contributed by atoms with Crippen LogP contribution in [0.2, 0.25) is 10.0 Å². The predicted octanol–water partition coefficient (Wildman–Crippen LogP) is 5.71. The van der Waals surface area contributed by atoms with E-state index in [0.717, 1.165) is 31.4 Å². The van der Waals surface area contributed by atoms with Crippen molar-refractivity contribution in [2.75, 3.05) is 12.4 Å². The molecular weight excluding hydrogens is 448 g/mol. The number of nitrogens with one attached hydrogen (secondary N) is 1. The average Bonchev–Trinajstić information content (AvgIpc) is 3.09. The second-order valence-electron chi connectivity index (χ2n) is 5.85. The van der Waals surface area contributed by atoms with Gasteiger partial charge in [-0.15, -0.1) is 0 Å². The molecule has 1 aromatic heterocycles. The molecule has 0 radical (unpaired) electrons. The molecule has 3 rings (SSSR count). The zero-order chi connectivity index (χ0) is 22.1. The van der Waals surface area contributed by atoms with Gasteiger partial charge in [0.25, 0.3) is 5.91 Å². The van der Waals surface area contributed by atoms with Gasteiger partial charge < -0.3 is 9.26 Å². The first-order chi connectivity index (χ1) is 14.1. The predicted molar refractivity (Wildman–Crippen MR) is 103 cm³/mol. The third-order valence-electron chi connectivity index (χ3n) is 3.98. The molecule has 0 saturated heterocycles. The Bertz CT molecular complexity index is 1090. The van der Waals surface area contributed by atoms with Gasteiger partial charge in [-0.05, 0) is 36.4 Å². The Kier molecular flexibility index (Phi) is 6.04. The van der Waals surface area contributed by atoms with Gasteiger partial charge in [0.2, 0.25) is 5.88 Å². The summed E-state index contributed by atoms with van der Waals surface area (Å²) in [6.45, 7) is 0. The summed E-state index contributed by atoms with van der Waals surface area (Å²) in [4.78, 5) is 24.7. The molecule has 30 heavy (non-hydrogen) atoms. The van der Waals surface area contributed by atoms with Gasteiger partial charge in [0.05, 0.1) is 22.7 Å². The molecule has 1 N–H and O–H groups in total. The molecule has 0 saturated carbocycles. The summed E-state index contributed by atoms with van der Waals surface area (Å²) >= 11 is 12.3. The van der Waals surface area contributed by atoms with Crippen molar-refractivity contribution in [2.24, 2.45) is 0 Å². The van der Waals surface area contributed by atoms with Gasteiger partial charge in [-0.2, -0.15) is 13.2 Å². The number of alkyl halides is 3. The Morgan fingerprint density at radius 2 is 1.67 bits per heavy atom. The number of benzene rings is 2. The van der Waals surface area contributed by atoms with Gasteiger partial charge in [0.15, 0.2) is 5.56 Å². The first-order valence-corrected chi connectivity index (χ1v) is 8.90. The molecule has 0 spiro atoms. The minimum absolute atomic E-state index is 0.0693. The quantitative estimate of drug-likeness (QED) is 0.506. The molecule has 0 fully saturated rings. The Morgan fingerprint density at radius 1 is 1.07 bits per heavy atom. The first-order valence-electron chi connectivity index (χ1n) is 8.14. The van der Waals surface area contributed by atoms with E-state index in [-0.39, 0.29) is 38.3 Å². The molecule has 0 bridgehead atoms. The number of esters is 1. The zero-order valence-corrected chi connectivity index (χ0v) is 16.5. The highest BCUT2D eigenvalue weighted by Crippen LogP contribution is 2.38. The number of ether oxygens (including phenoxy) is 1. The van der Waals surface area contributed by atoms with Crippen molar-refractivity contribution >= 4 is 41.0 Å². The number of nitrogens with zero attached hydrogens (tertiary/aromatic N) is 1. The van der Waals surface area contributed by atoms with Crippen LogP contribution in [0.5, 0.6) is 0 Å². The van der Waals surface area contributed by atoms with E-state index < -0.39 is 23.6 Å². The second kappa shape index (κ2) is 8.37. The number of methoxy groups -OCH3 is 1. The normalized spacial score (nSPS) is 11.3. The lowest BCUT2D eigenvalue weighted by molar-refractivity contribution is -0.137. The summed E-state index contributed by atoms with van der Waals surface area (Å²) in [5.74, 6) is -2.11. The SMILES string of the molecule is COC(=O)c1c(-c2c(Cl)cccc2Cl)noc1NC(=O)c1ccc(C(F)(F)F)cc1. The maximum absolute atomic E-state index is 12.7. The molecule has 0 aliphatic rings. The van der Waals surface area contributed by atoms with Crippen molar-refractivity contribution < 1.29 is 32.0 Å². The van der Waals surface area contributed by atoms with Crippen molar-refractivity contribution in [3.8, 4) is 11.3 Å². The topological polar surface area (TPSA) is 81.4 Å². The minimum Gasteiger partial charge on any atom is -0.465 e. The van der Waals surface area contributed by atoms with E-state index in [1.54, 1.807) is 6.07 Å². The highest BCUT2D eigenvalue weighted by atomic mass is 35.5. The number of amides is 1. The van der Waals surface area contributed by atoms with Crippen LogP contribution in [-0.4, -0.2) is 24.1 Å². The molecule has 1 amide bonds. The Hall–Kier alpha value is -3.04. The van der Waals surface area contributed by atoms with E-state index in [0.29, 0.717) is 0 Å². The molecule has 0 atom stereocenters. The number of hydrogen-bond donors (Lipinski definition) is 1. The van der Waals surface area contributed by atoms with Gasteiger partial charge in [0, 0.05) is 11.1 Å². The average molecular weight is 459 g/mol. The van der Waals surface area contributed by atoms with Gasteiger partial charge >= 0.3 is 12.1 Å².